The zero-order valence-corrected chi connectivity index (χ0v) is 11.1. The maximum absolute atomic E-state index is 13.1. The van der Waals surface area contributed by atoms with Gasteiger partial charge in [-0.2, -0.15) is 0 Å². The molecule has 2 nitrogen and oxygen atoms in total. The summed E-state index contributed by atoms with van der Waals surface area (Å²) in [6.45, 7) is 5.54. The van der Waals surface area contributed by atoms with Crippen molar-refractivity contribution in [2.75, 3.05) is 6.54 Å². The van der Waals surface area contributed by atoms with E-state index in [-0.39, 0.29) is 0 Å². The van der Waals surface area contributed by atoms with Crippen LogP contribution in [0.3, 0.4) is 0 Å². The molecule has 0 atom stereocenters. The topological polar surface area (TPSA) is 24.9 Å². The average molecular weight is 268 g/mol. The van der Waals surface area contributed by atoms with E-state index in [1.165, 1.54) is 23.5 Å². The largest absolute Gasteiger partial charge is 0.312 e. The van der Waals surface area contributed by atoms with Gasteiger partial charge in [0.05, 0.1) is 5.69 Å². The van der Waals surface area contributed by atoms with Crippen LogP contribution in [0.4, 0.5) is 8.78 Å². The summed E-state index contributed by atoms with van der Waals surface area (Å²) in [5.41, 5.74) is 1.39. The fourth-order valence-electron chi connectivity index (χ4n) is 1.63. The van der Waals surface area contributed by atoms with Gasteiger partial charge < -0.3 is 5.32 Å². The van der Waals surface area contributed by atoms with Gasteiger partial charge in [0.25, 0.3) is 0 Å². The lowest BCUT2D eigenvalue weighted by Gasteiger charge is -1.98. The van der Waals surface area contributed by atoms with E-state index in [0.717, 1.165) is 29.7 Å². The second-order valence-electron chi connectivity index (χ2n) is 3.97. The van der Waals surface area contributed by atoms with E-state index in [0.29, 0.717) is 10.6 Å². The van der Waals surface area contributed by atoms with Crippen LogP contribution in [0.5, 0.6) is 0 Å². The molecule has 0 bridgehead atoms. The van der Waals surface area contributed by atoms with E-state index in [1.54, 1.807) is 0 Å². The molecule has 18 heavy (non-hydrogen) atoms. The van der Waals surface area contributed by atoms with Crippen LogP contribution in [0.2, 0.25) is 0 Å². The van der Waals surface area contributed by atoms with Crippen LogP contribution in [0.1, 0.15) is 17.5 Å². The maximum atomic E-state index is 13.1. The van der Waals surface area contributed by atoms with Gasteiger partial charge in [-0.3, -0.25) is 0 Å². The Balaban J connectivity index is 2.33. The van der Waals surface area contributed by atoms with E-state index in [2.05, 4.69) is 10.3 Å². The van der Waals surface area contributed by atoms with Gasteiger partial charge in [-0.15, -0.1) is 11.3 Å². The van der Waals surface area contributed by atoms with Gasteiger partial charge in [0.15, 0.2) is 0 Å². The highest BCUT2D eigenvalue weighted by atomic mass is 32.1. The third kappa shape index (κ3) is 2.91. The minimum Gasteiger partial charge on any atom is -0.312 e. The van der Waals surface area contributed by atoms with Crippen molar-refractivity contribution in [2.45, 2.75) is 20.4 Å². The summed E-state index contributed by atoms with van der Waals surface area (Å²) in [6.07, 6.45) is 0. The molecule has 0 aliphatic rings. The second-order valence-corrected chi connectivity index (χ2v) is 5.05. The Kier molecular flexibility index (Phi) is 4.04. The maximum Gasteiger partial charge on any atom is 0.126 e. The number of hydrogen-bond acceptors (Lipinski definition) is 3. The average Bonchev–Trinajstić information content (AvgIpc) is 2.67. The molecule has 0 spiro atoms. The van der Waals surface area contributed by atoms with Gasteiger partial charge in [-0.05, 0) is 25.6 Å². The molecule has 0 aliphatic carbocycles. The van der Waals surface area contributed by atoms with Crippen molar-refractivity contribution in [1.29, 1.82) is 0 Å². The minimum atomic E-state index is -0.578. The Labute approximate surface area is 109 Å². The van der Waals surface area contributed by atoms with Crippen LogP contribution in [-0.2, 0) is 6.54 Å². The van der Waals surface area contributed by atoms with Crippen molar-refractivity contribution in [3.63, 3.8) is 0 Å². The predicted octanol–water partition coefficient (Wildman–Crippen LogP) is 3.51. The monoisotopic (exact) mass is 268 g/mol. The number of benzene rings is 1. The zero-order valence-electron chi connectivity index (χ0n) is 10.3. The second kappa shape index (κ2) is 5.54. The number of nitrogens with one attached hydrogen (secondary N) is 1. The summed E-state index contributed by atoms with van der Waals surface area (Å²) < 4.78 is 26.3. The summed E-state index contributed by atoms with van der Waals surface area (Å²) in [5.74, 6) is -1.16. The minimum absolute atomic E-state index is 0.489. The quantitative estimate of drug-likeness (QED) is 0.918. The fourth-order valence-corrected chi connectivity index (χ4v) is 2.65. The first-order chi connectivity index (χ1) is 8.60. The van der Waals surface area contributed by atoms with Crippen molar-refractivity contribution in [3.8, 4) is 10.6 Å². The van der Waals surface area contributed by atoms with Gasteiger partial charge in [-0.25, -0.2) is 13.8 Å². The van der Waals surface area contributed by atoms with Gasteiger partial charge in [-0.1, -0.05) is 6.92 Å². The summed E-state index contributed by atoms with van der Waals surface area (Å²) in [4.78, 5) is 5.46. The molecule has 0 unspecified atom stereocenters. The molecule has 96 valence electrons. The van der Waals surface area contributed by atoms with Crippen molar-refractivity contribution in [2.24, 2.45) is 0 Å². The first kappa shape index (κ1) is 13.1. The standard InChI is InChI=1S/C13H14F2N2S/c1-3-16-7-12-8(2)17-13(18-12)9-4-10(14)6-11(15)5-9/h4-6,16H,3,7H2,1-2H3. The highest BCUT2D eigenvalue weighted by Gasteiger charge is 2.11. The SMILES string of the molecule is CCNCc1sc(-c2cc(F)cc(F)c2)nc1C. The summed E-state index contributed by atoms with van der Waals surface area (Å²) >= 11 is 1.46. The molecule has 1 heterocycles. The third-order valence-corrected chi connectivity index (χ3v) is 3.74. The number of rotatable bonds is 4. The Morgan fingerprint density at radius 1 is 1.22 bits per heavy atom. The normalized spacial score (nSPS) is 10.9. The van der Waals surface area contributed by atoms with E-state index in [1.807, 2.05) is 13.8 Å². The number of nitrogens with zero attached hydrogens (tertiary/aromatic N) is 1. The lowest BCUT2D eigenvalue weighted by Crippen LogP contribution is -2.11. The van der Waals surface area contributed by atoms with Crippen molar-refractivity contribution in [3.05, 3.63) is 40.4 Å². The fraction of sp³-hybridized carbons (Fsp3) is 0.308. The van der Waals surface area contributed by atoms with Gasteiger partial charge in [0.2, 0.25) is 0 Å². The number of thiazole rings is 1. The first-order valence-corrected chi connectivity index (χ1v) is 6.55. The Morgan fingerprint density at radius 2 is 1.89 bits per heavy atom. The summed E-state index contributed by atoms with van der Waals surface area (Å²) in [6, 6.07) is 3.47. The number of aryl methyl sites for hydroxylation is 1. The van der Waals surface area contributed by atoms with Crippen molar-refractivity contribution >= 4 is 11.3 Å². The van der Waals surface area contributed by atoms with E-state index in [4.69, 9.17) is 0 Å². The van der Waals surface area contributed by atoms with Crippen LogP contribution in [0.25, 0.3) is 10.6 Å². The molecule has 0 amide bonds. The van der Waals surface area contributed by atoms with Gasteiger partial charge >= 0.3 is 0 Å². The van der Waals surface area contributed by atoms with Crippen LogP contribution in [0, 0.1) is 18.6 Å². The number of halogens is 2. The Morgan fingerprint density at radius 3 is 2.50 bits per heavy atom. The van der Waals surface area contributed by atoms with Crippen LogP contribution >= 0.6 is 11.3 Å². The lowest BCUT2D eigenvalue weighted by molar-refractivity contribution is 0.584. The molecule has 1 N–H and O–H groups in total. The van der Waals surface area contributed by atoms with Gasteiger partial charge in [0, 0.05) is 23.1 Å². The third-order valence-electron chi connectivity index (χ3n) is 2.54. The summed E-state index contributed by atoms with van der Waals surface area (Å²) in [7, 11) is 0. The van der Waals surface area contributed by atoms with Crippen molar-refractivity contribution in [1.82, 2.24) is 10.3 Å². The Bertz CT molecular complexity index is 532. The first-order valence-electron chi connectivity index (χ1n) is 5.73. The molecule has 5 heteroatoms. The van der Waals surface area contributed by atoms with E-state index >= 15 is 0 Å². The number of hydrogen-bond donors (Lipinski definition) is 1. The Hall–Kier alpha value is -1.33. The molecule has 1 aromatic carbocycles. The van der Waals surface area contributed by atoms with Gasteiger partial charge in [0.1, 0.15) is 16.6 Å². The molecule has 0 radical (unpaired) electrons. The highest BCUT2D eigenvalue weighted by Crippen LogP contribution is 2.28. The molecular weight excluding hydrogens is 254 g/mol. The highest BCUT2D eigenvalue weighted by molar-refractivity contribution is 7.15. The molecule has 0 saturated carbocycles. The summed E-state index contributed by atoms with van der Waals surface area (Å²) in [5, 5.41) is 3.87. The van der Waals surface area contributed by atoms with Crippen LogP contribution in [-0.4, -0.2) is 11.5 Å². The number of aromatic nitrogens is 1. The molecular formula is C13H14F2N2S. The molecule has 1 aromatic heterocycles. The van der Waals surface area contributed by atoms with Crippen molar-refractivity contribution < 1.29 is 8.78 Å². The van der Waals surface area contributed by atoms with E-state index in [9.17, 15) is 8.78 Å². The zero-order chi connectivity index (χ0) is 13.1. The van der Waals surface area contributed by atoms with Crippen LogP contribution in [0.15, 0.2) is 18.2 Å². The molecule has 0 fully saturated rings. The van der Waals surface area contributed by atoms with Crippen LogP contribution < -0.4 is 5.32 Å². The molecule has 0 saturated heterocycles. The smallest absolute Gasteiger partial charge is 0.126 e. The molecule has 2 rings (SSSR count). The predicted molar refractivity (Wildman–Crippen MR) is 69.6 cm³/mol. The molecule has 0 aliphatic heterocycles. The lowest BCUT2D eigenvalue weighted by atomic mass is 10.2. The van der Waals surface area contributed by atoms with E-state index < -0.39 is 11.6 Å². The molecule has 2 aromatic rings.